The molecule has 3 heterocycles. The molecule has 1 amide bonds. The van der Waals surface area contributed by atoms with Crippen molar-refractivity contribution in [2.45, 2.75) is 25.0 Å². The molecule has 2 saturated heterocycles. The lowest BCUT2D eigenvalue weighted by Crippen LogP contribution is -2.61. The highest BCUT2D eigenvalue weighted by Gasteiger charge is 2.47. The van der Waals surface area contributed by atoms with Crippen molar-refractivity contribution in [3.8, 4) is 0 Å². The van der Waals surface area contributed by atoms with Crippen LogP contribution in [0.2, 0.25) is 0 Å². The first-order valence-electron chi connectivity index (χ1n) is 8.64. The molecular weight excluding hydrogens is 358 g/mol. The van der Waals surface area contributed by atoms with Crippen molar-refractivity contribution in [2.24, 2.45) is 5.92 Å². The molecular formula is C17H25N3O5S. The first-order chi connectivity index (χ1) is 12.2. The summed E-state index contributed by atoms with van der Waals surface area (Å²) in [6.07, 6.45) is 2.02. The number of amides is 1. The zero-order valence-corrected chi connectivity index (χ0v) is 15.9. The molecule has 2 aliphatic rings. The minimum atomic E-state index is -3.31. The largest absolute Gasteiger partial charge is 0.389 e. The minimum absolute atomic E-state index is 0.207. The van der Waals surface area contributed by atoms with Crippen molar-refractivity contribution in [2.75, 3.05) is 39.5 Å². The van der Waals surface area contributed by atoms with Crippen LogP contribution < -0.4 is 0 Å². The van der Waals surface area contributed by atoms with E-state index in [0.717, 1.165) is 0 Å². The number of nitrogens with zero attached hydrogens (tertiary/aromatic N) is 3. The zero-order chi connectivity index (χ0) is 18.9. The number of fused-ring (bicyclic) bond motifs is 1. The third kappa shape index (κ3) is 3.90. The Morgan fingerprint density at radius 3 is 2.77 bits per heavy atom. The van der Waals surface area contributed by atoms with Crippen molar-refractivity contribution in [3.63, 3.8) is 0 Å². The van der Waals surface area contributed by atoms with Crippen molar-refractivity contribution in [3.05, 3.63) is 29.6 Å². The predicted octanol–water partition coefficient (Wildman–Crippen LogP) is 0.0865. The summed E-state index contributed by atoms with van der Waals surface area (Å²) >= 11 is 0. The van der Waals surface area contributed by atoms with E-state index in [1.54, 1.807) is 30.2 Å². The second-order valence-corrected chi connectivity index (χ2v) is 9.10. The maximum Gasteiger partial charge on any atom is 0.272 e. The molecule has 9 heteroatoms. The molecule has 0 aromatic carbocycles. The zero-order valence-electron chi connectivity index (χ0n) is 15.1. The number of likely N-dealkylation sites (tertiary alicyclic amines) is 1. The summed E-state index contributed by atoms with van der Waals surface area (Å²) in [6, 6.07) is 5.22. The van der Waals surface area contributed by atoms with Crippen molar-refractivity contribution in [1.82, 2.24) is 14.2 Å². The standard InChI is InChI=1S/C17H25N3O5S/c1-25-12-14-4-3-5-15(18-14)16(21)19-8-6-17(22)7-9-20(26(2,23)24)11-13(17)10-19/h3-5,13,22H,6-12H2,1-2H3/t13-,17-/m1/s1. The van der Waals surface area contributed by atoms with Gasteiger partial charge in [0.25, 0.3) is 5.91 Å². The second-order valence-electron chi connectivity index (χ2n) is 7.12. The molecule has 144 valence electrons. The quantitative estimate of drug-likeness (QED) is 0.791. The van der Waals surface area contributed by atoms with E-state index in [0.29, 0.717) is 50.5 Å². The number of rotatable bonds is 4. The highest BCUT2D eigenvalue weighted by molar-refractivity contribution is 7.88. The molecule has 2 aliphatic heterocycles. The van der Waals surface area contributed by atoms with E-state index in [-0.39, 0.29) is 18.4 Å². The smallest absolute Gasteiger partial charge is 0.272 e. The molecule has 3 rings (SSSR count). The third-order valence-electron chi connectivity index (χ3n) is 5.31. The Bertz CT molecular complexity index is 784. The van der Waals surface area contributed by atoms with Gasteiger partial charge in [0.2, 0.25) is 10.0 Å². The number of sulfonamides is 1. The van der Waals surface area contributed by atoms with Gasteiger partial charge in [-0.15, -0.1) is 0 Å². The number of aromatic nitrogens is 1. The van der Waals surface area contributed by atoms with Crippen LogP contribution in [-0.4, -0.2) is 78.8 Å². The van der Waals surface area contributed by atoms with Gasteiger partial charge >= 0.3 is 0 Å². The van der Waals surface area contributed by atoms with E-state index < -0.39 is 15.6 Å². The van der Waals surface area contributed by atoms with Gasteiger partial charge in [0, 0.05) is 39.2 Å². The SMILES string of the molecule is COCc1cccc(C(=O)N2CC[C@@]3(O)CCN(S(C)(=O)=O)C[C@H]3C2)n1. The molecule has 2 fully saturated rings. The highest BCUT2D eigenvalue weighted by Crippen LogP contribution is 2.36. The van der Waals surface area contributed by atoms with Crippen LogP contribution in [-0.2, 0) is 21.4 Å². The predicted molar refractivity (Wildman–Crippen MR) is 94.9 cm³/mol. The number of hydrogen-bond acceptors (Lipinski definition) is 6. The minimum Gasteiger partial charge on any atom is -0.389 e. The van der Waals surface area contributed by atoms with Crippen LogP contribution in [0.15, 0.2) is 18.2 Å². The molecule has 0 saturated carbocycles. The molecule has 0 unspecified atom stereocenters. The first kappa shape index (κ1) is 19.2. The van der Waals surface area contributed by atoms with Crippen LogP contribution >= 0.6 is 0 Å². The van der Waals surface area contributed by atoms with Gasteiger partial charge in [-0.05, 0) is 25.0 Å². The maximum absolute atomic E-state index is 12.8. The molecule has 1 aromatic heterocycles. The van der Waals surface area contributed by atoms with Gasteiger partial charge in [-0.25, -0.2) is 17.7 Å². The van der Waals surface area contributed by atoms with Gasteiger partial charge in [-0.2, -0.15) is 0 Å². The lowest BCUT2D eigenvalue weighted by atomic mass is 9.76. The molecule has 0 radical (unpaired) electrons. The Hall–Kier alpha value is -1.55. The lowest BCUT2D eigenvalue weighted by Gasteiger charge is -2.49. The molecule has 0 aliphatic carbocycles. The first-order valence-corrected chi connectivity index (χ1v) is 10.5. The summed E-state index contributed by atoms with van der Waals surface area (Å²) in [5, 5.41) is 10.9. The number of hydrogen-bond donors (Lipinski definition) is 1. The van der Waals surface area contributed by atoms with Gasteiger partial charge in [0.05, 0.1) is 24.2 Å². The summed E-state index contributed by atoms with van der Waals surface area (Å²) in [7, 11) is -1.74. The van der Waals surface area contributed by atoms with Gasteiger partial charge in [-0.3, -0.25) is 4.79 Å². The Morgan fingerprint density at radius 1 is 1.35 bits per heavy atom. The van der Waals surface area contributed by atoms with Crippen LogP contribution in [0.1, 0.15) is 29.0 Å². The van der Waals surface area contributed by atoms with Crippen LogP contribution in [0.25, 0.3) is 0 Å². The van der Waals surface area contributed by atoms with Gasteiger partial charge in [0.15, 0.2) is 0 Å². The molecule has 0 bridgehead atoms. The summed E-state index contributed by atoms with van der Waals surface area (Å²) in [5.74, 6) is -0.507. The average Bonchev–Trinajstić information content (AvgIpc) is 2.59. The number of aliphatic hydroxyl groups is 1. The normalized spacial score (nSPS) is 27.2. The van der Waals surface area contributed by atoms with E-state index in [4.69, 9.17) is 4.74 Å². The Balaban J connectivity index is 1.75. The van der Waals surface area contributed by atoms with Crippen LogP contribution in [0.3, 0.4) is 0 Å². The number of methoxy groups -OCH3 is 1. The second kappa shape index (κ2) is 7.22. The number of carbonyl (C=O) groups is 1. The lowest BCUT2D eigenvalue weighted by molar-refractivity contribution is -0.0947. The van der Waals surface area contributed by atoms with E-state index in [9.17, 15) is 18.3 Å². The van der Waals surface area contributed by atoms with E-state index in [1.165, 1.54) is 10.6 Å². The molecule has 2 atom stereocenters. The summed E-state index contributed by atoms with van der Waals surface area (Å²) in [5.41, 5.74) is 0.0945. The van der Waals surface area contributed by atoms with E-state index in [1.807, 2.05) is 0 Å². The Labute approximate surface area is 153 Å². The highest BCUT2D eigenvalue weighted by atomic mass is 32.2. The van der Waals surface area contributed by atoms with Crippen molar-refractivity contribution >= 4 is 15.9 Å². The van der Waals surface area contributed by atoms with Crippen LogP contribution in [0.4, 0.5) is 0 Å². The fourth-order valence-electron chi connectivity index (χ4n) is 3.75. The number of ether oxygens (including phenoxy) is 1. The van der Waals surface area contributed by atoms with Crippen molar-refractivity contribution in [1.29, 1.82) is 0 Å². The Kier molecular flexibility index (Phi) is 5.34. The number of pyridine rings is 1. The maximum atomic E-state index is 12.8. The molecule has 8 nitrogen and oxygen atoms in total. The number of carbonyl (C=O) groups excluding carboxylic acids is 1. The van der Waals surface area contributed by atoms with Gasteiger partial charge < -0.3 is 14.7 Å². The summed E-state index contributed by atoms with van der Waals surface area (Å²) in [6.45, 7) is 1.63. The fourth-order valence-corrected chi connectivity index (χ4v) is 4.62. The molecule has 1 aromatic rings. The van der Waals surface area contributed by atoms with Gasteiger partial charge in [-0.1, -0.05) is 6.07 Å². The summed E-state index contributed by atoms with van der Waals surface area (Å²) < 4.78 is 30.1. The third-order valence-corrected chi connectivity index (χ3v) is 6.58. The Morgan fingerprint density at radius 2 is 2.08 bits per heavy atom. The van der Waals surface area contributed by atoms with Gasteiger partial charge in [0.1, 0.15) is 5.69 Å². The molecule has 1 N–H and O–H groups in total. The molecule has 26 heavy (non-hydrogen) atoms. The van der Waals surface area contributed by atoms with Crippen molar-refractivity contribution < 1.29 is 23.1 Å². The van der Waals surface area contributed by atoms with Crippen LogP contribution in [0.5, 0.6) is 0 Å². The topological polar surface area (TPSA) is 100 Å². The molecule has 0 spiro atoms. The number of piperidine rings is 2. The van der Waals surface area contributed by atoms with E-state index in [2.05, 4.69) is 4.98 Å². The monoisotopic (exact) mass is 383 g/mol. The van der Waals surface area contributed by atoms with E-state index >= 15 is 0 Å². The average molecular weight is 383 g/mol. The fraction of sp³-hybridized carbons (Fsp3) is 0.647. The summed E-state index contributed by atoms with van der Waals surface area (Å²) in [4.78, 5) is 18.8. The van der Waals surface area contributed by atoms with Crippen LogP contribution in [0, 0.1) is 5.92 Å².